The quantitative estimate of drug-likeness (QED) is 0.875. The van der Waals surface area contributed by atoms with E-state index < -0.39 is 0 Å². The van der Waals surface area contributed by atoms with Crippen molar-refractivity contribution in [1.29, 1.82) is 0 Å². The smallest absolute Gasteiger partial charge is 0.129 e. The molecule has 2 atom stereocenters. The van der Waals surface area contributed by atoms with Gasteiger partial charge in [-0.25, -0.2) is 4.39 Å². The first kappa shape index (κ1) is 16.7. The molecule has 21 heavy (non-hydrogen) atoms. The van der Waals surface area contributed by atoms with Crippen LogP contribution in [0.3, 0.4) is 0 Å². The van der Waals surface area contributed by atoms with E-state index in [1.54, 1.807) is 12.1 Å². The van der Waals surface area contributed by atoms with Crippen LogP contribution >= 0.6 is 11.6 Å². The van der Waals surface area contributed by atoms with Gasteiger partial charge in [0.25, 0.3) is 0 Å². The predicted molar refractivity (Wildman–Crippen MR) is 87.2 cm³/mol. The molecule has 1 heterocycles. The minimum atomic E-state index is -0.200. The molecule has 0 amide bonds. The maximum Gasteiger partial charge on any atom is 0.129 e. The van der Waals surface area contributed by atoms with E-state index in [1.165, 1.54) is 6.07 Å². The second-order valence-corrected chi connectivity index (χ2v) is 6.75. The highest BCUT2D eigenvalue weighted by atomic mass is 35.5. The van der Waals surface area contributed by atoms with Gasteiger partial charge in [-0.3, -0.25) is 4.90 Å². The van der Waals surface area contributed by atoms with Crippen molar-refractivity contribution in [3.8, 4) is 0 Å². The molecule has 2 unspecified atom stereocenters. The summed E-state index contributed by atoms with van der Waals surface area (Å²) in [5.41, 5.74) is 0.725. The van der Waals surface area contributed by atoms with Crippen molar-refractivity contribution in [2.45, 2.75) is 58.2 Å². The van der Waals surface area contributed by atoms with E-state index in [2.05, 4.69) is 31.0 Å². The largest absolute Gasteiger partial charge is 0.309 e. The number of rotatable bonds is 5. The molecule has 2 rings (SSSR count). The molecule has 0 aliphatic carbocycles. The Balaban J connectivity index is 2.20. The van der Waals surface area contributed by atoms with Crippen molar-refractivity contribution < 1.29 is 4.39 Å². The third-order valence-corrected chi connectivity index (χ3v) is 5.01. The summed E-state index contributed by atoms with van der Waals surface area (Å²) in [5, 5.41) is 4.19. The summed E-state index contributed by atoms with van der Waals surface area (Å²) in [6.07, 6.45) is 3.32. The maximum absolute atomic E-state index is 14.1. The van der Waals surface area contributed by atoms with Gasteiger partial charge in [0.15, 0.2) is 0 Å². The van der Waals surface area contributed by atoms with E-state index in [0.29, 0.717) is 23.2 Å². The van der Waals surface area contributed by atoms with Gasteiger partial charge in [-0.1, -0.05) is 37.9 Å². The van der Waals surface area contributed by atoms with Crippen molar-refractivity contribution in [1.82, 2.24) is 10.2 Å². The summed E-state index contributed by atoms with van der Waals surface area (Å²) in [6, 6.07) is 5.39. The van der Waals surface area contributed by atoms with Gasteiger partial charge in [-0.05, 0) is 31.9 Å². The van der Waals surface area contributed by atoms with Crippen LogP contribution in [-0.2, 0) is 6.54 Å². The molecule has 1 saturated heterocycles. The summed E-state index contributed by atoms with van der Waals surface area (Å²) in [5.74, 6) is -0.200. The maximum atomic E-state index is 14.1. The van der Waals surface area contributed by atoms with Crippen molar-refractivity contribution >= 4 is 11.6 Å². The van der Waals surface area contributed by atoms with Gasteiger partial charge in [-0.15, -0.1) is 0 Å². The van der Waals surface area contributed by atoms with Crippen LogP contribution < -0.4 is 5.32 Å². The highest BCUT2D eigenvalue weighted by molar-refractivity contribution is 6.31. The first-order valence-electron chi connectivity index (χ1n) is 7.91. The normalized spacial score (nSPS) is 27.0. The van der Waals surface area contributed by atoms with Gasteiger partial charge in [0.1, 0.15) is 5.82 Å². The molecule has 4 heteroatoms. The van der Waals surface area contributed by atoms with Crippen LogP contribution in [0.4, 0.5) is 4.39 Å². The zero-order valence-corrected chi connectivity index (χ0v) is 14.0. The minimum absolute atomic E-state index is 0.0992. The highest BCUT2D eigenvalue weighted by Crippen LogP contribution is 2.27. The fourth-order valence-corrected chi connectivity index (χ4v) is 3.28. The average Bonchev–Trinajstić information content (AvgIpc) is 2.46. The Kier molecular flexibility index (Phi) is 5.64. The second-order valence-electron chi connectivity index (χ2n) is 6.34. The van der Waals surface area contributed by atoms with Crippen molar-refractivity contribution in [2.24, 2.45) is 0 Å². The van der Waals surface area contributed by atoms with E-state index in [-0.39, 0.29) is 11.4 Å². The second kappa shape index (κ2) is 7.08. The lowest BCUT2D eigenvalue weighted by molar-refractivity contribution is 0.0716. The standard InChI is InChI=1S/C17H26ClFN2/c1-4-7-13-10-20-17(3,5-2)12-21(13)11-14-15(18)8-6-9-16(14)19/h6,8-9,13,20H,4-5,7,10-12H2,1-3H3. The Morgan fingerprint density at radius 3 is 2.81 bits per heavy atom. The molecule has 1 aliphatic rings. The van der Waals surface area contributed by atoms with Crippen LogP contribution in [0.1, 0.15) is 45.6 Å². The third-order valence-electron chi connectivity index (χ3n) is 4.66. The molecule has 1 aromatic rings. The van der Waals surface area contributed by atoms with Crippen LogP contribution in [-0.4, -0.2) is 29.6 Å². The molecule has 1 aromatic carbocycles. The molecule has 2 nitrogen and oxygen atoms in total. The zero-order chi connectivity index (χ0) is 15.5. The fraction of sp³-hybridized carbons (Fsp3) is 0.647. The molecule has 0 saturated carbocycles. The topological polar surface area (TPSA) is 15.3 Å². The fourth-order valence-electron chi connectivity index (χ4n) is 3.05. The van der Waals surface area contributed by atoms with Crippen molar-refractivity contribution in [2.75, 3.05) is 13.1 Å². The predicted octanol–water partition coefficient (Wildman–Crippen LogP) is 4.22. The molecular weight excluding hydrogens is 287 g/mol. The number of halogens is 2. The van der Waals surface area contributed by atoms with E-state index >= 15 is 0 Å². The van der Waals surface area contributed by atoms with E-state index in [0.717, 1.165) is 32.4 Å². The first-order valence-corrected chi connectivity index (χ1v) is 8.29. The van der Waals surface area contributed by atoms with Gasteiger partial charge in [0, 0.05) is 41.8 Å². The Morgan fingerprint density at radius 1 is 1.43 bits per heavy atom. The van der Waals surface area contributed by atoms with Gasteiger partial charge >= 0.3 is 0 Å². The lowest BCUT2D eigenvalue weighted by atomic mass is 9.92. The lowest BCUT2D eigenvalue weighted by Gasteiger charge is -2.46. The Hall–Kier alpha value is -0.640. The SMILES string of the molecule is CCCC1CNC(C)(CC)CN1Cc1c(F)cccc1Cl. The number of nitrogens with one attached hydrogen (secondary N) is 1. The Morgan fingerprint density at radius 2 is 2.19 bits per heavy atom. The molecular formula is C17H26ClFN2. The lowest BCUT2D eigenvalue weighted by Crippen LogP contribution is -2.62. The van der Waals surface area contributed by atoms with E-state index in [9.17, 15) is 4.39 Å². The molecule has 0 bridgehead atoms. The average molecular weight is 313 g/mol. The van der Waals surface area contributed by atoms with Gasteiger partial charge in [0.2, 0.25) is 0 Å². The highest BCUT2D eigenvalue weighted by Gasteiger charge is 2.34. The van der Waals surface area contributed by atoms with Crippen molar-refractivity contribution in [3.63, 3.8) is 0 Å². The van der Waals surface area contributed by atoms with E-state index in [1.807, 2.05) is 0 Å². The summed E-state index contributed by atoms with van der Waals surface area (Å²) < 4.78 is 14.1. The third kappa shape index (κ3) is 3.97. The molecule has 118 valence electrons. The van der Waals surface area contributed by atoms with Crippen LogP contribution in [0.25, 0.3) is 0 Å². The Labute approximate surface area is 132 Å². The zero-order valence-electron chi connectivity index (χ0n) is 13.3. The van der Waals surface area contributed by atoms with Gasteiger partial charge in [-0.2, -0.15) is 0 Å². The van der Waals surface area contributed by atoms with Crippen LogP contribution in [0.2, 0.25) is 5.02 Å². The summed E-state index contributed by atoms with van der Waals surface area (Å²) in [7, 11) is 0. The molecule has 1 aliphatic heterocycles. The number of nitrogens with zero attached hydrogens (tertiary/aromatic N) is 1. The van der Waals surface area contributed by atoms with Crippen LogP contribution in [0.5, 0.6) is 0 Å². The van der Waals surface area contributed by atoms with Crippen LogP contribution in [0, 0.1) is 5.82 Å². The monoisotopic (exact) mass is 312 g/mol. The number of piperazine rings is 1. The number of hydrogen-bond donors (Lipinski definition) is 1. The molecule has 0 aromatic heterocycles. The van der Waals surface area contributed by atoms with Gasteiger partial charge in [0.05, 0.1) is 0 Å². The minimum Gasteiger partial charge on any atom is -0.309 e. The van der Waals surface area contributed by atoms with Crippen LogP contribution in [0.15, 0.2) is 18.2 Å². The van der Waals surface area contributed by atoms with Crippen molar-refractivity contribution in [3.05, 3.63) is 34.6 Å². The molecule has 0 spiro atoms. The summed E-state index contributed by atoms with van der Waals surface area (Å²) in [4.78, 5) is 2.40. The molecule has 1 fully saturated rings. The molecule has 1 N–H and O–H groups in total. The van der Waals surface area contributed by atoms with Gasteiger partial charge < -0.3 is 5.32 Å². The number of benzene rings is 1. The first-order chi connectivity index (χ1) is 9.99. The number of hydrogen-bond acceptors (Lipinski definition) is 2. The van der Waals surface area contributed by atoms with E-state index in [4.69, 9.17) is 11.6 Å². The summed E-state index contributed by atoms with van der Waals surface area (Å²) in [6.45, 7) is 9.12. The molecule has 0 radical (unpaired) electrons. The Bertz CT molecular complexity index is 460. The summed E-state index contributed by atoms with van der Waals surface area (Å²) >= 11 is 6.20.